The van der Waals surface area contributed by atoms with Crippen LogP contribution in [-0.2, 0) is 59.2 Å². The normalized spacial score (nSPS) is 24.9. The molecule has 3 atom stereocenters. The summed E-state index contributed by atoms with van der Waals surface area (Å²) in [7, 11) is 3.20. The van der Waals surface area contributed by atoms with Gasteiger partial charge < -0.3 is 28.8 Å². The number of rotatable bonds is 22. The van der Waals surface area contributed by atoms with Gasteiger partial charge in [0.15, 0.2) is 0 Å². The Morgan fingerprint density at radius 1 is 0.573 bits per heavy atom. The third-order valence-electron chi connectivity index (χ3n) is 24.5. The van der Waals surface area contributed by atoms with Crippen molar-refractivity contribution in [2.24, 2.45) is 4.99 Å². The Balaban J connectivity index is 0.903. The Morgan fingerprint density at radius 3 is 1.53 bits per heavy atom. The molecule has 7 aliphatic rings. The van der Waals surface area contributed by atoms with Crippen LogP contribution >= 0.6 is 0 Å². The number of anilines is 1. The summed E-state index contributed by atoms with van der Waals surface area (Å²) < 4.78 is 103. The van der Waals surface area contributed by atoms with Crippen LogP contribution in [-0.4, -0.2) is 153 Å². The second-order valence-electron chi connectivity index (χ2n) is 36.2. The van der Waals surface area contributed by atoms with Crippen molar-refractivity contribution < 1.29 is 77.7 Å². The van der Waals surface area contributed by atoms with Gasteiger partial charge in [-0.1, -0.05) is 54.6 Å². The van der Waals surface area contributed by atoms with Crippen molar-refractivity contribution in [3.05, 3.63) is 170 Å². The second kappa shape index (κ2) is 27.3. The maximum Gasteiger partial charge on any atom is 0.306 e. The van der Waals surface area contributed by atoms with Crippen LogP contribution in [0.5, 0.6) is 23.0 Å². The molecule has 596 valence electrons. The number of carboxylic acid groups (broad SMARTS) is 1. The number of aliphatic carboxylic acids is 1. The fraction of sp³-hybridized carbons (Fsp3) is 0.540. The number of carbonyl (C=O) groups excluding carboxylic acids is 2. The van der Waals surface area contributed by atoms with E-state index in [2.05, 4.69) is 64.3 Å². The molecule has 0 saturated carbocycles. The standard InChI is InChI=1S/C87H115As2N3O18/c1-53-49-77(3,4)91-72-63(53)47-65-69(55-31-33-56(34-32-55)76(96)90-45-28-46-99-51-62(101-68(95)44-43-67(93)94)52-100-87(57-29-26-25-27-30-57,58-35-39-60(97-23)40-36-58)59-37-41-61(98-24)42-38-59)66-48-64-54(2)50-78(5,6)92-73(64)71(89(107-83(15,16)84(17,18)108-89)109-85(19,20)86(21,22)110-89)75(66)102-74(65)70(72)88(103-79(7,8)80(9,10)104-88)105-81(11,12)82(13,14)106-88/h25-27,29-42,47-48,53-54,62,91H,28,43-46,49-52H2,1-24H3,(H,90,96)(H,93,94). The molecule has 2 spiro atoms. The first-order chi connectivity index (χ1) is 51.0. The number of amides is 1. The van der Waals surface area contributed by atoms with Gasteiger partial charge in [-0.3, -0.25) is 9.59 Å². The number of methoxy groups -OCH3 is 2. The quantitative estimate of drug-likeness (QED) is 0.0247. The van der Waals surface area contributed by atoms with Crippen molar-refractivity contribution in [3.8, 4) is 23.0 Å². The molecule has 110 heavy (non-hydrogen) atoms. The minimum atomic E-state index is -6.22. The molecule has 1 amide bonds. The van der Waals surface area contributed by atoms with Crippen molar-refractivity contribution in [2.75, 3.05) is 45.9 Å². The fourth-order valence-electron chi connectivity index (χ4n) is 16.6. The maximum absolute atomic E-state index is 14.7. The fourth-order valence-corrected chi connectivity index (χ4v) is 40.3. The van der Waals surface area contributed by atoms with Gasteiger partial charge in [0.05, 0.1) is 40.3 Å². The summed E-state index contributed by atoms with van der Waals surface area (Å²) in [6, 6.07) is 36.9. The van der Waals surface area contributed by atoms with E-state index >= 15 is 0 Å². The molecule has 4 fully saturated rings. The number of carbonyl (C=O) groups is 3. The van der Waals surface area contributed by atoms with E-state index < -0.39 is 114 Å². The van der Waals surface area contributed by atoms with Gasteiger partial charge in [0.2, 0.25) is 0 Å². The van der Waals surface area contributed by atoms with Crippen LogP contribution in [0.1, 0.15) is 246 Å². The van der Waals surface area contributed by atoms with Crippen molar-refractivity contribution >= 4 is 65.4 Å². The molecule has 21 nitrogen and oxygen atoms in total. The van der Waals surface area contributed by atoms with Gasteiger partial charge >= 0.3 is 453 Å². The van der Waals surface area contributed by atoms with Gasteiger partial charge in [-0.05, 0) is 41.0 Å². The van der Waals surface area contributed by atoms with Crippen LogP contribution in [0.2, 0.25) is 0 Å². The molecule has 6 aromatic carbocycles. The van der Waals surface area contributed by atoms with E-state index in [1.807, 2.05) is 214 Å². The summed E-state index contributed by atoms with van der Waals surface area (Å²) in [5, 5.41) is 18.0. The SMILES string of the molecule is COc1ccc(C(OCC(COCCCNC(=O)c2ccc(C3=c4cc5c(c([As]67(OC(C)(C)C(C)(C)O6)OC(C)(C)C(C)(C)O7)c4Oc4c3cc3c(c4[As]46(OC(C)(C)C(C)(C)O4)OC(C)(C)C(C)(C)O6)NC(C)(C)CC3C)=NC(C)(C)CC5C)cc2)OC(=O)CCC(=O)O)(c2ccccc2)c2ccc(OC)cc2)cc1. The predicted octanol–water partition coefficient (Wildman–Crippen LogP) is 14.2. The van der Waals surface area contributed by atoms with Crippen molar-refractivity contribution in [1.82, 2.24) is 5.32 Å². The van der Waals surface area contributed by atoms with E-state index in [1.165, 1.54) is 0 Å². The number of hydrogen-bond acceptors (Lipinski definition) is 19. The van der Waals surface area contributed by atoms with Gasteiger partial charge in [-0.2, -0.15) is 0 Å². The van der Waals surface area contributed by atoms with E-state index in [-0.39, 0.29) is 50.5 Å². The second-order valence-corrected chi connectivity index (χ2v) is 48.0. The van der Waals surface area contributed by atoms with E-state index in [1.54, 1.807) is 14.2 Å². The molecule has 7 heterocycles. The molecule has 23 heteroatoms. The third-order valence-corrected chi connectivity index (χ3v) is 42.2. The largest absolute Gasteiger partial charge is 0.497 e. The van der Waals surface area contributed by atoms with E-state index in [0.717, 1.165) is 63.0 Å². The summed E-state index contributed by atoms with van der Waals surface area (Å²) in [6.45, 7) is 45.9. The summed E-state index contributed by atoms with van der Waals surface area (Å²) >= 11 is -12.4. The predicted molar refractivity (Wildman–Crippen MR) is 425 cm³/mol. The zero-order valence-corrected chi connectivity index (χ0v) is 72.5. The van der Waals surface area contributed by atoms with Gasteiger partial charge in [-0.15, -0.1) is 0 Å². The molecular weight excluding hydrogens is 1520 g/mol. The van der Waals surface area contributed by atoms with Crippen LogP contribution in [0, 0.1) is 0 Å². The number of fused-ring (bicyclic) bond motifs is 4. The Labute approximate surface area is 652 Å². The summed E-state index contributed by atoms with van der Waals surface area (Å²) in [6.07, 6.45) is 0.106. The molecule has 0 bridgehead atoms. The monoisotopic (exact) mass is 1640 g/mol. The van der Waals surface area contributed by atoms with Gasteiger partial charge in [0, 0.05) is 6.61 Å². The van der Waals surface area contributed by atoms with Crippen molar-refractivity contribution in [1.29, 1.82) is 0 Å². The maximum atomic E-state index is 14.7. The van der Waals surface area contributed by atoms with Gasteiger partial charge in [0.1, 0.15) is 23.2 Å². The summed E-state index contributed by atoms with van der Waals surface area (Å²) in [5.41, 5.74) is -2.62. The Hall–Kier alpha value is -6.68. The Morgan fingerprint density at radius 2 is 1.05 bits per heavy atom. The molecule has 6 aromatic rings. The number of carboxylic acids is 1. The molecule has 3 unspecified atom stereocenters. The molecule has 0 aromatic heterocycles. The Bertz CT molecular complexity index is 4560. The number of benzene rings is 6. The van der Waals surface area contributed by atoms with Crippen LogP contribution < -0.4 is 44.1 Å². The average Bonchev–Trinajstić information content (AvgIpc) is 1.47. The van der Waals surface area contributed by atoms with E-state index in [9.17, 15) is 19.5 Å². The molecule has 3 N–H and O–H groups in total. The molecule has 4 saturated heterocycles. The van der Waals surface area contributed by atoms with Crippen LogP contribution in [0.15, 0.2) is 120 Å². The Kier molecular flexibility index (Phi) is 20.2. The molecule has 7 aliphatic heterocycles. The summed E-state index contributed by atoms with van der Waals surface area (Å²) in [4.78, 5) is 45.5. The average molecular weight is 1640 g/mol. The number of esters is 1. The first kappa shape index (κ1) is 81.3. The van der Waals surface area contributed by atoms with Gasteiger partial charge in [-0.25, -0.2) is 0 Å². The number of nitrogens with zero attached hydrogens (tertiary/aromatic N) is 1. The number of ether oxygens (including phenoxy) is 6. The van der Waals surface area contributed by atoms with Crippen molar-refractivity contribution in [2.45, 2.75) is 264 Å². The van der Waals surface area contributed by atoms with Crippen LogP contribution in [0.4, 0.5) is 5.69 Å². The molecule has 0 aliphatic carbocycles. The minimum Gasteiger partial charge on any atom is -0.497 e. The summed E-state index contributed by atoms with van der Waals surface area (Å²) in [5.74, 6) is -0.199. The van der Waals surface area contributed by atoms with E-state index in [0.29, 0.717) is 54.3 Å². The smallest absolute Gasteiger partial charge is 0.306 e. The zero-order valence-electron chi connectivity index (χ0n) is 68.8. The molecule has 0 radical (unpaired) electrons. The first-order valence-electron chi connectivity index (χ1n) is 38.6. The molecular formula is C87H115As2N3O18. The van der Waals surface area contributed by atoms with E-state index in [4.69, 9.17) is 63.2 Å². The van der Waals surface area contributed by atoms with Crippen LogP contribution in [0.3, 0.4) is 0 Å². The number of nitrogens with one attached hydrogen (secondary N) is 2. The first-order valence-corrected chi connectivity index (χ1v) is 46.6. The van der Waals surface area contributed by atoms with Crippen molar-refractivity contribution in [3.63, 3.8) is 0 Å². The topological polar surface area (TPSA) is 237 Å². The third kappa shape index (κ3) is 13.6. The van der Waals surface area contributed by atoms with Gasteiger partial charge in [0.25, 0.3) is 0 Å². The number of hydrogen-bond donors (Lipinski definition) is 3. The minimum absolute atomic E-state index is 0.0276. The van der Waals surface area contributed by atoms with Crippen LogP contribution in [0.25, 0.3) is 5.57 Å². The molecule has 13 rings (SSSR count). The zero-order chi connectivity index (χ0) is 80.1.